The maximum absolute atomic E-state index is 11.0. The second kappa shape index (κ2) is 4.59. The fourth-order valence-electron chi connectivity index (χ4n) is 1.11. The molecule has 1 aromatic heterocycles. The Morgan fingerprint density at radius 2 is 2.38 bits per heavy atom. The average molecular weight is 238 g/mol. The fourth-order valence-corrected chi connectivity index (χ4v) is 1.79. The summed E-state index contributed by atoms with van der Waals surface area (Å²) in [5.74, 6) is -0.887. The normalized spacial score (nSPS) is 9.50. The molecule has 0 fully saturated rings. The Balaban J connectivity index is 3.60. The van der Waals surface area contributed by atoms with Gasteiger partial charge in [-0.2, -0.15) is 5.26 Å². The Labute approximate surface area is 94.4 Å². The lowest BCUT2D eigenvalue weighted by atomic mass is 10.2. The van der Waals surface area contributed by atoms with E-state index < -0.39 is 10.8 Å². The Bertz CT molecular complexity index is 509. The van der Waals surface area contributed by atoms with E-state index in [0.717, 1.165) is 18.0 Å². The van der Waals surface area contributed by atoms with Gasteiger partial charge in [0, 0.05) is 0 Å². The van der Waals surface area contributed by atoms with Crippen LogP contribution >= 0.6 is 11.8 Å². The van der Waals surface area contributed by atoms with Gasteiger partial charge in [0.15, 0.2) is 0 Å². The lowest BCUT2D eigenvalue weighted by Crippen LogP contribution is -2.16. The summed E-state index contributed by atoms with van der Waals surface area (Å²) in [6.45, 7) is 0. The van der Waals surface area contributed by atoms with Crippen LogP contribution in [0.4, 0.5) is 5.69 Å². The van der Waals surface area contributed by atoms with Gasteiger partial charge in [0.1, 0.15) is 28.4 Å². The number of thioether (sulfide) groups is 1. The molecule has 0 unspecified atom stereocenters. The first-order chi connectivity index (χ1) is 7.52. The highest BCUT2D eigenvalue weighted by Gasteiger charge is 2.23. The Kier molecular flexibility index (Phi) is 3.42. The molecule has 1 rings (SSSR count). The van der Waals surface area contributed by atoms with E-state index in [1.807, 2.05) is 0 Å². The van der Waals surface area contributed by atoms with Crippen molar-refractivity contribution >= 4 is 23.4 Å². The third-order valence-electron chi connectivity index (χ3n) is 1.76. The number of nitrogens with two attached hydrogens (primary N) is 1. The summed E-state index contributed by atoms with van der Waals surface area (Å²) in [4.78, 5) is 24.6. The molecule has 2 N–H and O–H groups in total. The van der Waals surface area contributed by atoms with Crippen molar-refractivity contribution in [3.8, 4) is 6.07 Å². The molecule has 0 saturated heterocycles. The maximum Gasteiger partial charge on any atom is 0.302 e. The molecule has 0 aliphatic heterocycles. The lowest BCUT2D eigenvalue weighted by Gasteiger charge is -2.04. The van der Waals surface area contributed by atoms with Crippen molar-refractivity contribution in [1.29, 1.82) is 5.26 Å². The van der Waals surface area contributed by atoms with Gasteiger partial charge in [0.2, 0.25) is 0 Å². The number of amides is 1. The van der Waals surface area contributed by atoms with E-state index in [2.05, 4.69) is 4.98 Å². The van der Waals surface area contributed by atoms with E-state index in [-0.39, 0.29) is 21.8 Å². The number of carbonyl (C=O) groups excluding carboxylic acids is 1. The highest BCUT2D eigenvalue weighted by molar-refractivity contribution is 7.98. The molecule has 1 aromatic rings. The van der Waals surface area contributed by atoms with E-state index in [9.17, 15) is 14.9 Å². The maximum atomic E-state index is 11.0. The van der Waals surface area contributed by atoms with Crippen LogP contribution in [0.1, 0.15) is 16.1 Å². The highest BCUT2D eigenvalue weighted by Crippen LogP contribution is 2.31. The molecule has 0 radical (unpaired) electrons. The monoisotopic (exact) mass is 238 g/mol. The molecule has 0 aromatic carbocycles. The number of primary amides is 1. The molecule has 1 amide bonds. The van der Waals surface area contributed by atoms with Gasteiger partial charge in [-0.25, -0.2) is 4.98 Å². The van der Waals surface area contributed by atoms with Crippen molar-refractivity contribution < 1.29 is 9.72 Å². The largest absolute Gasteiger partial charge is 0.364 e. The summed E-state index contributed by atoms with van der Waals surface area (Å²) in [7, 11) is 0. The van der Waals surface area contributed by atoms with Crippen molar-refractivity contribution in [3.63, 3.8) is 0 Å². The predicted molar refractivity (Wildman–Crippen MR) is 55.9 cm³/mol. The third-order valence-corrected chi connectivity index (χ3v) is 2.58. The SMILES string of the molecule is CSc1c([N+](=O)[O-])cnc(C(N)=O)c1C#N. The molecule has 0 aliphatic rings. The molecule has 0 saturated carbocycles. The van der Waals surface area contributed by atoms with Crippen LogP contribution in [0.25, 0.3) is 0 Å². The second-order valence-corrected chi connectivity index (χ2v) is 3.45. The quantitative estimate of drug-likeness (QED) is 0.469. The smallest absolute Gasteiger partial charge is 0.302 e. The van der Waals surface area contributed by atoms with Gasteiger partial charge in [0.05, 0.1) is 4.92 Å². The minimum atomic E-state index is -0.887. The molecule has 1 heterocycles. The molecule has 0 bridgehead atoms. The fraction of sp³-hybridized carbons (Fsp3) is 0.125. The minimum Gasteiger partial charge on any atom is -0.364 e. The molecule has 82 valence electrons. The van der Waals surface area contributed by atoms with Gasteiger partial charge in [-0.3, -0.25) is 14.9 Å². The summed E-state index contributed by atoms with van der Waals surface area (Å²) in [6.07, 6.45) is 2.49. The Morgan fingerprint density at radius 3 is 2.75 bits per heavy atom. The predicted octanol–water partition coefficient (Wildman–Crippen LogP) is 0.682. The van der Waals surface area contributed by atoms with Crippen molar-refractivity contribution in [1.82, 2.24) is 4.98 Å². The average Bonchev–Trinajstić information content (AvgIpc) is 2.26. The van der Waals surface area contributed by atoms with Crippen LogP contribution in [0.2, 0.25) is 0 Å². The molecule has 8 heteroatoms. The van der Waals surface area contributed by atoms with Crippen molar-refractivity contribution in [2.24, 2.45) is 5.73 Å². The number of hydrogen-bond acceptors (Lipinski definition) is 6. The lowest BCUT2D eigenvalue weighted by molar-refractivity contribution is -0.388. The van der Waals surface area contributed by atoms with Crippen LogP contribution in [-0.2, 0) is 0 Å². The van der Waals surface area contributed by atoms with Crippen molar-refractivity contribution in [3.05, 3.63) is 27.6 Å². The highest BCUT2D eigenvalue weighted by atomic mass is 32.2. The van der Waals surface area contributed by atoms with E-state index >= 15 is 0 Å². The van der Waals surface area contributed by atoms with Gasteiger partial charge in [-0.1, -0.05) is 0 Å². The number of nitriles is 1. The summed E-state index contributed by atoms with van der Waals surface area (Å²) in [5.41, 5.74) is 4.29. The Morgan fingerprint density at radius 1 is 1.75 bits per heavy atom. The van der Waals surface area contributed by atoms with Crippen molar-refractivity contribution in [2.45, 2.75) is 4.90 Å². The van der Waals surface area contributed by atoms with Gasteiger partial charge < -0.3 is 5.73 Å². The molecular formula is C8H6N4O3S. The van der Waals surface area contributed by atoms with Crippen molar-refractivity contribution in [2.75, 3.05) is 6.26 Å². The number of pyridine rings is 1. The van der Waals surface area contributed by atoms with E-state index in [4.69, 9.17) is 11.0 Å². The van der Waals surface area contributed by atoms with E-state index in [1.165, 1.54) is 0 Å². The molecule has 0 aliphatic carbocycles. The second-order valence-electron chi connectivity index (χ2n) is 2.63. The first-order valence-corrected chi connectivity index (χ1v) is 5.16. The van der Waals surface area contributed by atoms with Crippen LogP contribution in [0.3, 0.4) is 0 Å². The number of carbonyl (C=O) groups is 1. The summed E-state index contributed by atoms with van der Waals surface area (Å²) in [6, 6.07) is 1.70. The van der Waals surface area contributed by atoms with Gasteiger partial charge in [0.25, 0.3) is 5.91 Å². The third kappa shape index (κ3) is 1.94. The first-order valence-electron chi connectivity index (χ1n) is 3.94. The number of hydrogen-bond donors (Lipinski definition) is 1. The first kappa shape index (κ1) is 11.9. The zero-order chi connectivity index (χ0) is 12.3. The molecule has 0 spiro atoms. The zero-order valence-corrected chi connectivity index (χ0v) is 8.95. The Hall–Kier alpha value is -2.14. The topological polar surface area (TPSA) is 123 Å². The van der Waals surface area contributed by atoms with Gasteiger partial charge in [-0.05, 0) is 6.26 Å². The van der Waals surface area contributed by atoms with E-state index in [0.29, 0.717) is 0 Å². The van der Waals surface area contributed by atoms with Crippen LogP contribution < -0.4 is 5.73 Å². The van der Waals surface area contributed by atoms with E-state index in [1.54, 1.807) is 12.3 Å². The van der Waals surface area contributed by atoms with Crippen LogP contribution in [0.5, 0.6) is 0 Å². The van der Waals surface area contributed by atoms with Crippen LogP contribution in [0.15, 0.2) is 11.1 Å². The molecule has 7 nitrogen and oxygen atoms in total. The number of rotatable bonds is 3. The zero-order valence-electron chi connectivity index (χ0n) is 8.13. The summed E-state index contributed by atoms with van der Waals surface area (Å²) in [5, 5.41) is 19.5. The summed E-state index contributed by atoms with van der Waals surface area (Å²) < 4.78 is 0. The van der Waals surface area contributed by atoms with Gasteiger partial charge >= 0.3 is 5.69 Å². The van der Waals surface area contributed by atoms with Gasteiger partial charge in [-0.15, -0.1) is 11.8 Å². The molecular weight excluding hydrogens is 232 g/mol. The number of nitro groups is 1. The molecule has 16 heavy (non-hydrogen) atoms. The summed E-state index contributed by atoms with van der Waals surface area (Å²) >= 11 is 0.995. The van der Waals surface area contributed by atoms with Crippen LogP contribution in [-0.4, -0.2) is 22.1 Å². The standard InChI is InChI=1S/C8H6N4O3S/c1-16-7-4(2-9)6(8(10)13)11-3-5(7)12(14)15/h3H,1H3,(H2,10,13). The minimum absolute atomic E-state index is 0.0938. The molecule has 0 atom stereocenters. The number of nitrogens with zero attached hydrogens (tertiary/aromatic N) is 3. The van der Waals surface area contributed by atoms with Crippen LogP contribution in [0, 0.1) is 21.4 Å². The number of aromatic nitrogens is 1.